The summed E-state index contributed by atoms with van der Waals surface area (Å²) in [6.07, 6.45) is 3.56. The number of hydrogen-bond donors (Lipinski definition) is 2. The molecule has 0 radical (unpaired) electrons. The molecule has 180 valence electrons. The average Bonchev–Trinajstić information content (AvgIpc) is 3.41. The molecule has 4 aromatic rings. The third kappa shape index (κ3) is 6.56. The van der Waals surface area contributed by atoms with Gasteiger partial charge in [-0.2, -0.15) is 0 Å². The highest BCUT2D eigenvalue weighted by Crippen LogP contribution is 2.27. The van der Waals surface area contributed by atoms with Gasteiger partial charge in [-0.05, 0) is 48.9 Å². The van der Waals surface area contributed by atoms with Crippen LogP contribution < -0.4 is 10.0 Å². The first-order valence-corrected chi connectivity index (χ1v) is 13.3. The van der Waals surface area contributed by atoms with Crippen LogP contribution in [0, 0.1) is 0 Å². The molecule has 1 unspecified atom stereocenters. The highest BCUT2D eigenvalue weighted by atomic mass is 32.2. The molecule has 0 aliphatic carbocycles. The van der Waals surface area contributed by atoms with Crippen molar-refractivity contribution in [2.24, 2.45) is 0 Å². The number of hydrogen-bond acceptors (Lipinski definition) is 7. The molecule has 2 aromatic carbocycles. The van der Waals surface area contributed by atoms with E-state index in [2.05, 4.69) is 20.0 Å². The summed E-state index contributed by atoms with van der Waals surface area (Å²) >= 11 is 1.36. The molecular formula is C25H24N4O4S2. The fourth-order valence-corrected chi connectivity index (χ4v) is 5.15. The van der Waals surface area contributed by atoms with E-state index in [0.717, 1.165) is 11.3 Å². The Morgan fingerprint density at radius 2 is 1.80 bits per heavy atom. The minimum Gasteiger partial charge on any atom is -0.468 e. The second-order valence-electron chi connectivity index (χ2n) is 7.54. The fraction of sp³-hybridized carbons (Fsp3) is 0.160. The molecule has 0 aliphatic heterocycles. The summed E-state index contributed by atoms with van der Waals surface area (Å²) in [7, 11) is -3.71. The first-order valence-electron chi connectivity index (χ1n) is 10.9. The number of aromatic nitrogens is 2. The number of furan rings is 1. The number of thioether (sulfide) groups is 1. The lowest BCUT2D eigenvalue weighted by Gasteiger charge is -2.15. The van der Waals surface area contributed by atoms with Crippen molar-refractivity contribution < 1.29 is 17.6 Å². The largest absolute Gasteiger partial charge is 0.468 e. The quantitative estimate of drug-likeness (QED) is 0.235. The normalized spacial score (nSPS) is 12.3. The van der Waals surface area contributed by atoms with Crippen molar-refractivity contribution in [3.63, 3.8) is 0 Å². The Labute approximate surface area is 208 Å². The Kier molecular flexibility index (Phi) is 7.96. The number of rotatable bonds is 10. The second-order valence-corrected chi connectivity index (χ2v) is 10.5. The third-order valence-electron chi connectivity index (χ3n) is 5.09. The maximum Gasteiger partial charge on any atom is 0.240 e. The van der Waals surface area contributed by atoms with Crippen molar-refractivity contribution in [3.8, 4) is 11.3 Å². The smallest absolute Gasteiger partial charge is 0.240 e. The van der Waals surface area contributed by atoms with Gasteiger partial charge in [0.15, 0.2) is 0 Å². The molecule has 2 aromatic heterocycles. The van der Waals surface area contributed by atoms with E-state index in [4.69, 9.17) is 4.42 Å². The minimum atomic E-state index is -3.71. The number of nitrogens with zero attached hydrogens (tertiary/aromatic N) is 2. The molecule has 1 amide bonds. The van der Waals surface area contributed by atoms with Crippen LogP contribution in [0.4, 0.5) is 5.69 Å². The number of nitrogens with one attached hydrogen (secondary N) is 2. The van der Waals surface area contributed by atoms with E-state index >= 15 is 0 Å². The van der Waals surface area contributed by atoms with E-state index in [1.54, 1.807) is 24.3 Å². The monoisotopic (exact) mass is 508 g/mol. The summed E-state index contributed by atoms with van der Waals surface area (Å²) in [5.74, 6) is 0.323. The van der Waals surface area contributed by atoms with Gasteiger partial charge in [-0.15, -0.1) is 0 Å². The maximum atomic E-state index is 12.9. The Bertz CT molecular complexity index is 1360. The predicted octanol–water partition coefficient (Wildman–Crippen LogP) is 4.72. The summed E-state index contributed by atoms with van der Waals surface area (Å²) in [5.41, 5.74) is 2.27. The predicted molar refractivity (Wildman–Crippen MR) is 135 cm³/mol. The van der Waals surface area contributed by atoms with Crippen LogP contribution in [0.5, 0.6) is 0 Å². The zero-order valence-electron chi connectivity index (χ0n) is 18.9. The van der Waals surface area contributed by atoms with E-state index in [1.807, 2.05) is 43.3 Å². The summed E-state index contributed by atoms with van der Waals surface area (Å²) in [6.45, 7) is 1.98. The average molecular weight is 509 g/mol. The molecule has 1 atom stereocenters. The number of anilines is 1. The van der Waals surface area contributed by atoms with Crippen molar-refractivity contribution in [1.29, 1.82) is 0 Å². The Balaban J connectivity index is 1.38. The van der Waals surface area contributed by atoms with Crippen molar-refractivity contribution in [2.75, 3.05) is 5.32 Å². The van der Waals surface area contributed by atoms with Crippen LogP contribution in [0.3, 0.4) is 0 Å². The Hall–Kier alpha value is -3.47. The molecule has 8 nitrogen and oxygen atoms in total. The van der Waals surface area contributed by atoms with Crippen LogP contribution in [0.15, 0.2) is 99.7 Å². The molecule has 0 bridgehead atoms. The summed E-state index contributed by atoms with van der Waals surface area (Å²) in [6, 6.07) is 21.0. The van der Waals surface area contributed by atoms with Gasteiger partial charge in [0.1, 0.15) is 17.1 Å². The molecule has 2 heterocycles. The van der Waals surface area contributed by atoms with Crippen LogP contribution in [0.2, 0.25) is 0 Å². The van der Waals surface area contributed by atoms with Crippen molar-refractivity contribution in [3.05, 3.63) is 91.1 Å². The van der Waals surface area contributed by atoms with E-state index in [9.17, 15) is 13.2 Å². The van der Waals surface area contributed by atoms with E-state index in [0.29, 0.717) is 22.9 Å². The number of carbonyl (C=O) groups excluding carboxylic acids is 1. The molecule has 0 aliphatic rings. The molecule has 0 fully saturated rings. The van der Waals surface area contributed by atoms with Crippen LogP contribution in [-0.2, 0) is 21.4 Å². The first kappa shape index (κ1) is 24.6. The summed E-state index contributed by atoms with van der Waals surface area (Å²) in [4.78, 5) is 21.6. The Morgan fingerprint density at radius 1 is 1.03 bits per heavy atom. The number of sulfonamides is 1. The van der Waals surface area contributed by atoms with Crippen LogP contribution in [-0.4, -0.2) is 29.5 Å². The standard InChI is InChI=1S/C25H24N4O4S2/c1-2-23(34-24-15-22(26-17-27-24)18-7-4-3-5-8-18)25(30)29-19-10-12-21(13-11-19)35(31,32)28-16-20-9-6-14-33-20/h3-15,17,23,28H,2,16H2,1H3,(H,29,30). The van der Waals surface area contributed by atoms with Crippen LogP contribution in [0.25, 0.3) is 11.3 Å². The summed E-state index contributed by atoms with van der Waals surface area (Å²) < 4.78 is 32.6. The number of benzene rings is 2. The van der Waals surface area contributed by atoms with Gasteiger partial charge in [-0.1, -0.05) is 49.0 Å². The lowest BCUT2D eigenvalue weighted by molar-refractivity contribution is -0.115. The third-order valence-corrected chi connectivity index (χ3v) is 7.80. The van der Waals surface area contributed by atoms with Gasteiger partial charge >= 0.3 is 0 Å². The van der Waals surface area contributed by atoms with Gasteiger partial charge in [0.05, 0.1) is 28.6 Å². The van der Waals surface area contributed by atoms with Crippen LogP contribution >= 0.6 is 11.8 Å². The molecule has 0 spiro atoms. The number of carbonyl (C=O) groups is 1. The highest BCUT2D eigenvalue weighted by Gasteiger charge is 2.20. The van der Waals surface area contributed by atoms with Gasteiger partial charge in [-0.25, -0.2) is 23.1 Å². The van der Waals surface area contributed by atoms with Crippen molar-refractivity contribution >= 4 is 33.4 Å². The minimum absolute atomic E-state index is 0.0538. The van der Waals surface area contributed by atoms with Gasteiger partial charge < -0.3 is 9.73 Å². The van der Waals surface area contributed by atoms with Gasteiger partial charge in [0.2, 0.25) is 15.9 Å². The van der Waals surface area contributed by atoms with Gasteiger partial charge in [-0.3, -0.25) is 4.79 Å². The fourth-order valence-electron chi connectivity index (χ4n) is 3.24. The van der Waals surface area contributed by atoms with Gasteiger partial charge in [0.25, 0.3) is 0 Å². The zero-order valence-corrected chi connectivity index (χ0v) is 20.6. The number of amides is 1. The van der Waals surface area contributed by atoms with Crippen LogP contribution in [0.1, 0.15) is 19.1 Å². The van der Waals surface area contributed by atoms with Gasteiger partial charge in [0, 0.05) is 11.3 Å². The lowest BCUT2D eigenvalue weighted by Crippen LogP contribution is -2.25. The zero-order chi connectivity index (χ0) is 24.7. The second kappa shape index (κ2) is 11.3. The van der Waals surface area contributed by atoms with Crippen molar-refractivity contribution in [2.45, 2.75) is 35.1 Å². The van der Waals surface area contributed by atoms with E-state index < -0.39 is 10.0 Å². The SMILES string of the molecule is CCC(Sc1cc(-c2ccccc2)ncn1)C(=O)Nc1ccc(S(=O)(=O)NCc2ccco2)cc1. The highest BCUT2D eigenvalue weighted by molar-refractivity contribution is 8.00. The van der Waals surface area contributed by atoms with E-state index in [1.165, 1.54) is 36.5 Å². The molecule has 35 heavy (non-hydrogen) atoms. The van der Waals surface area contributed by atoms with Crippen molar-refractivity contribution in [1.82, 2.24) is 14.7 Å². The molecule has 10 heteroatoms. The Morgan fingerprint density at radius 3 is 2.49 bits per heavy atom. The molecule has 2 N–H and O–H groups in total. The molecular weight excluding hydrogens is 484 g/mol. The maximum absolute atomic E-state index is 12.9. The molecule has 0 saturated heterocycles. The topological polar surface area (TPSA) is 114 Å². The molecule has 4 rings (SSSR count). The van der Waals surface area contributed by atoms with E-state index in [-0.39, 0.29) is 22.6 Å². The first-order chi connectivity index (χ1) is 16.9. The lowest BCUT2D eigenvalue weighted by atomic mass is 10.1. The summed E-state index contributed by atoms with van der Waals surface area (Å²) in [5, 5.41) is 3.18. The molecule has 0 saturated carbocycles.